The maximum Gasteiger partial charge on any atom is 0.270 e. The van der Waals surface area contributed by atoms with Crippen LogP contribution in [0.4, 0.5) is 11.4 Å². The average molecular weight is 382 g/mol. The molecule has 3 rings (SSSR count). The maximum absolute atomic E-state index is 12.1. The summed E-state index contributed by atoms with van der Waals surface area (Å²) >= 11 is 3.27. The molecule has 1 fully saturated rings. The molecule has 0 radical (unpaired) electrons. The fraction of sp³-hybridized carbons (Fsp3) is 0.400. The SMILES string of the molecule is O=c1[nH]c2ccc([N+](=O)[O-])cc2c(NC(CCO)C2CC2)c1Br. The summed E-state index contributed by atoms with van der Waals surface area (Å²) in [5.41, 5.74) is 0.736. The number of benzene rings is 1. The zero-order valence-corrected chi connectivity index (χ0v) is 13.8. The molecule has 7 nitrogen and oxygen atoms in total. The van der Waals surface area contributed by atoms with Crippen LogP contribution < -0.4 is 10.9 Å². The van der Waals surface area contributed by atoms with Crippen molar-refractivity contribution >= 4 is 38.2 Å². The number of hydrogen-bond acceptors (Lipinski definition) is 5. The Morgan fingerprint density at radius 1 is 1.48 bits per heavy atom. The number of nitrogens with one attached hydrogen (secondary N) is 2. The molecule has 0 saturated heterocycles. The van der Waals surface area contributed by atoms with Gasteiger partial charge in [0.2, 0.25) is 0 Å². The first-order valence-corrected chi connectivity index (χ1v) is 8.18. The van der Waals surface area contributed by atoms with Crippen molar-refractivity contribution in [2.24, 2.45) is 5.92 Å². The van der Waals surface area contributed by atoms with Gasteiger partial charge in [0, 0.05) is 30.2 Å². The van der Waals surface area contributed by atoms with Gasteiger partial charge in [-0.15, -0.1) is 0 Å². The van der Waals surface area contributed by atoms with E-state index in [-0.39, 0.29) is 23.9 Å². The van der Waals surface area contributed by atoms with Gasteiger partial charge in [-0.25, -0.2) is 0 Å². The third-order valence-electron chi connectivity index (χ3n) is 4.11. The molecule has 8 heteroatoms. The highest BCUT2D eigenvalue weighted by molar-refractivity contribution is 9.10. The number of aliphatic hydroxyl groups is 1. The zero-order chi connectivity index (χ0) is 16.6. The van der Waals surface area contributed by atoms with Gasteiger partial charge in [0.25, 0.3) is 11.2 Å². The summed E-state index contributed by atoms with van der Waals surface area (Å²) in [7, 11) is 0. The quantitative estimate of drug-likeness (QED) is 0.526. The first-order chi connectivity index (χ1) is 11.0. The van der Waals surface area contributed by atoms with E-state index in [1.165, 1.54) is 18.2 Å². The van der Waals surface area contributed by atoms with Crippen LogP contribution in [0, 0.1) is 16.0 Å². The van der Waals surface area contributed by atoms with Crippen LogP contribution in [0.15, 0.2) is 27.5 Å². The van der Waals surface area contributed by atoms with Crippen LogP contribution in [0.5, 0.6) is 0 Å². The standard InChI is InChI=1S/C15H16BrN3O4/c16-13-14(17-11(5-6-20)8-1-2-8)10-7-9(19(22)23)3-4-12(10)18-15(13)21/h3-4,7-8,11,20H,1-2,5-6H2,(H2,17,18,21). The topological polar surface area (TPSA) is 108 Å². The Morgan fingerprint density at radius 2 is 2.22 bits per heavy atom. The molecule has 0 spiro atoms. The molecule has 1 unspecified atom stereocenters. The fourth-order valence-electron chi connectivity index (χ4n) is 2.76. The highest BCUT2D eigenvalue weighted by Crippen LogP contribution is 2.38. The molecule has 1 aromatic heterocycles. The van der Waals surface area contributed by atoms with Crippen molar-refractivity contribution in [2.45, 2.75) is 25.3 Å². The Morgan fingerprint density at radius 3 is 2.83 bits per heavy atom. The van der Waals surface area contributed by atoms with Crippen LogP contribution in [-0.2, 0) is 0 Å². The van der Waals surface area contributed by atoms with Gasteiger partial charge in [-0.3, -0.25) is 14.9 Å². The number of pyridine rings is 1. The first kappa shape index (κ1) is 15.9. The molecule has 1 aliphatic carbocycles. The molecule has 1 atom stereocenters. The zero-order valence-electron chi connectivity index (χ0n) is 12.2. The van der Waals surface area contributed by atoms with E-state index >= 15 is 0 Å². The van der Waals surface area contributed by atoms with Crippen molar-refractivity contribution in [3.05, 3.63) is 43.1 Å². The van der Waals surface area contributed by atoms with Gasteiger partial charge >= 0.3 is 0 Å². The Balaban J connectivity index is 2.11. The van der Waals surface area contributed by atoms with Crippen molar-refractivity contribution in [1.82, 2.24) is 4.98 Å². The van der Waals surface area contributed by atoms with Gasteiger partial charge in [0.05, 0.1) is 16.1 Å². The lowest BCUT2D eigenvalue weighted by Gasteiger charge is -2.20. The number of halogens is 1. The number of H-pyrrole nitrogens is 1. The summed E-state index contributed by atoms with van der Waals surface area (Å²) in [4.78, 5) is 25.3. The van der Waals surface area contributed by atoms with E-state index in [2.05, 4.69) is 26.2 Å². The van der Waals surface area contributed by atoms with E-state index in [0.717, 1.165) is 12.8 Å². The van der Waals surface area contributed by atoms with Gasteiger partial charge in [-0.05, 0) is 47.2 Å². The van der Waals surface area contributed by atoms with Crippen LogP contribution >= 0.6 is 15.9 Å². The minimum absolute atomic E-state index is 0.0374. The number of nitrogens with zero attached hydrogens (tertiary/aromatic N) is 1. The van der Waals surface area contributed by atoms with Crippen LogP contribution in [0.25, 0.3) is 10.9 Å². The number of aromatic nitrogens is 1. The summed E-state index contributed by atoms with van der Waals surface area (Å²) in [5.74, 6) is 0.460. The van der Waals surface area contributed by atoms with Crippen molar-refractivity contribution in [3.8, 4) is 0 Å². The van der Waals surface area contributed by atoms with Crippen LogP contribution in [0.2, 0.25) is 0 Å². The Labute approximate surface area is 140 Å². The largest absolute Gasteiger partial charge is 0.396 e. The van der Waals surface area contributed by atoms with Crippen molar-refractivity contribution in [3.63, 3.8) is 0 Å². The van der Waals surface area contributed by atoms with Gasteiger partial charge in [0.1, 0.15) is 4.47 Å². The molecule has 0 amide bonds. The number of rotatable bonds is 6. The number of hydrogen-bond donors (Lipinski definition) is 3. The predicted octanol–water partition coefficient (Wildman–Crippen LogP) is 2.77. The number of anilines is 1. The van der Waals surface area contributed by atoms with Crippen LogP contribution in [0.1, 0.15) is 19.3 Å². The van der Waals surface area contributed by atoms with E-state index in [1.807, 2.05) is 0 Å². The number of fused-ring (bicyclic) bond motifs is 1. The van der Waals surface area contributed by atoms with E-state index in [0.29, 0.717) is 33.4 Å². The average Bonchev–Trinajstić information content (AvgIpc) is 3.35. The summed E-state index contributed by atoms with van der Waals surface area (Å²) in [6.07, 6.45) is 2.73. The van der Waals surface area contributed by atoms with Gasteiger partial charge < -0.3 is 15.4 Å². The monoisotopic (exact) mass is 381 g/mol. The van der Waals surface area contributed by atoms with Crippen molar-refractivity contribution in [1.29, 1.82) is 0 Å². The summed E-state index contributed by atoms with van der Waals surface area (Å²) in [6, 6.07) is 4.38. The van der Waals surface area contributed by atoms with Gasteiger partial charge in [-0.2, -0.15) is 0 Å². The molecule has 1 aliphatic rings. The molecule has 2 aromatic rings. The minimum atomic E-state index is -0.464. The third kappa shape index (κ3) is 3.23. The minimum Gasteiger partial charge on any atom is -0.396 e. The Bertz CT molecular complexity index is 816. The summed E-state index contributed by atoms with van der Waals surface area (Å²) < 4.78 is 0.314. The smallest absolute Gasteiger partial charge is 0.270 e. The Kier molecular flexibility index (Phi) is 4.36. The third-order valence-corrected chi connectivity index (χ3v) is 4.87. The number of nitro benzene ring substituents is 1. The molecule has 0 aliphatic heterocycles. The lowest BCUT2D eigenvalue weighted by Crippen LogP contribution is -2.25. The molecule has 1 saturated carbocycles. The number of nitro groups is 1. The molecular formula is C15H16BrN3O4. The summed E-state index contributed by atoms with van der Waals surface area (Å²) in [6.45, 7) is 0.0487. The second-order valence-electron chi connectivity index (χ2n) is 5.73. The molecular weight excluding hydrogens is 366 g/mol. The van der Waals surface area contributed by atoms with E-state index in [1.54, 1.807) is 0 Å². The molecule has 0 bridgehead atoms. The fourth-order valence-corrected chi connectivity index (χ4v) is 3.19. The van der Waals surface area contributed by atoms with Crippen LogP contribution in [-0.4, -0.2) is 27.7 Å². The van der Waals surface area contributed by atoms with Gasteiger partial charge in [-0.1, -0.05) is 0 Å². The highest BCUT2D eigenvalue weighted by Gasteiger charge is 2.31. The molecule has 122 valence electrons. The number of non-ortho nitro benzene ring substituents is 1. The lowest BCUT2D eigenvalue weighted by atomic mass is 10.1. The van der Waals surface area contributed by atoms with E-state index in [4.69, 9.17) is 0 Å². The second kappa shape index (κ2) is 6.29. The first-order valence-electron chi connectivity index (χ1n) is 7.38. The molecule has 1 heterocycles. The molecule has 23 heavy (non-hydrogen) atoms. The van der Waals surface area contributed by atoms with Gasteiger partial charge in [0.15, 0.2) is 0 Å². The number of aliphatic hydroxyl groups excluding tert-OH is 1. The number of aromatic amines is 1. The maximum atomic E-state index is 12.1. The van der Waals surface area contributed by atoms with Crippen molar-refractivity contribution in [2.75, 3.05) is 11.9 Å². The normalized spacial score (nSPS) is 15.6. The second-order valence-corrected chi connectivity index (χ2v) is 6.52. The summed E-state index contributed by atoms with van der Waals surface area (Å²) in [5, 5.41) is 24.1. The van der Waals surface area contributed by atoms with Crippen LogP contribution in [0.3, 0.4) is 0 Å². The van der Waals surface area contributed by atoms with E-state index in [9.17, 15) is 20.0 Å². The Hall–Kier alpha value is -1.93. The molecule has 3 N–H and O–H groups in total. The predicted molar refractivity (Wildman–Crippen MR) is 90.8 cm³/mol. The van der Waals surface area contributed by atoms with E-state index < -0.39 is 4.92 Å². The highest BCUT2D eigenvalue weighted by atomic mass is 79.9. The van der Waals surface area contributed by atoms with Crippen molar-refractivity contribution < 1.29 is 10.0 Å². The molecule has 1 aromatic carbocycles. The lowest BCUT2D eigenvalue weighted by molar-refractivity contribution is -0.384.